The molecule has 0 aliphatic carbocycles. The van der Waals surface area contributed by atoms with Crippen LogP contribution in [-0.2, 0) is 20.7 Å². The average molecular weight is 441 g/mol. The SMILES string of the molecule is C[C@H]1COCCN1c1nc(Cl)nc2c1CCN(C(=O)OC(C)(C)C)C2CCC(=O)O. The maximum atomic E-state index is 12.9. The Balaban J connectivity index is 2.00. The molecule has 1 saturated heterocycles. The van der Waals surface area contributed by atoms with Crippen LogP contribution in [0.5, 0.6) is 0 Å². The van der Waals surface area contributed by atoms with Crippen LogP contribution in [0.25, 0.3) is 0 Å². The molecule has 2 atom stereocenters. The zero-order valence-corrected chi connectivity index (χ0v) is 18.6. The predicted octanol–water partition coefficient (Wildman–Crippen LogP) is 3.05. The van der Waals surface area contributed by atoms with Gasteiger partial charge in [-0.3, -0.25) is 9.69 Å². The summed E-state index contributed by atoms with van der Waals surface area (Å²) in [4.78, 5) is 36.8. The van der Waals surface area contributed by atoms with E-state index in [4.69, 9.17) is 21.1 Å². The highest BCUT2D eigenvalue weighted by molar-refractivity contribution is 6.28. The molecule has 0 spiro atoms. The number of rotatable bonds is 4. The third-order valence-corrected chi connectivity index (χ3v) is 5.35. The summed E-state index contributed by atoms with van der Waals surface area (Å²) in [5, 5.41) is 9.31. The van der Waals surface area contributed by atoms with E-state index in [0.717, 1.165) is 11.4 Å². The van der Waals surface area contributed by atoms with Gasteiger partial charge in [0.15, 0.2) is 0 Å². The van der Waals surface area contributed by atoms with Crippen LogP contribution in [0.4, 0.5) is 10.6 Å². The number of fused-ring (bicyclic) bond motifs is 1. The van der Waals surface area contributed by atoms with Gasteiger partial charge in [0.05, 0.1) is 31.0 Å². The maximum Gasteiger partial charge on any atom is 0.410 e. The van der Waals surface area contributed by atoms with Gasteiger partial charge in [0.2, 0.25) is 5.28 Å². The van der Waals surface area contributed by atoms with Gasteiger partial charge in [0.1, 0.15) is 11.4 Å². The van der Waals surface area contributed by atoms with E-state index in [-0.39, 0.29) is 24.2 Å². The monoisotopic (exact) mass is 440 g/mol. The number of aliphatic carboxylic acids is 1. The lowest BCUT2D eigenvalue weighted by Crippen LogP contribution is -2.47. The van der Waals surface area contributed by atoms with Crippen molar-refractivity contribution in [2.45, 2.75) is 64.6 Å². The summed E-state index contributed by atoms with van der Waals surface area (Å²) in [5.74, 6) is -0.196. The summed E-state index contributed by atoms with van der Waals surface area (Å²) >= 11 is 6.28. The Kier molecular flexibility index (Phi) is 6.71. The molecule has 2 aliphatic rings. The lowest BCUT2D eigenvalue weighted by molar-refractivity contribution is -0.137. The molecule has 3 rings (SSSR count). The largest absolute Gasteiger partial charge is 0.481 e. The molecule has 1 amide bonds. The molecule has 30 heavy (non-hydrogen) atoms. The molecule has 166 valence electrons. The van der Waals surface area contributed by atoms with Gasteiger partial charge in [-0.25, -0.2) is 14.8 Å². The summed E-state index contributed by atoms with van der Waals surface area (Å²) in [7, 11) is 0. The van der Waals surface area contributed by atoms with Gasteiger partial charge in [-0.2, -0.15) is 0 Å². The highest BCUT2D eigenvalue weighted by Crippen LogP contribution is 2.38. The van der Waals surface area contributed by atoms with Crippen LogP contribution in [0.15, 0.2) is 0 Å². The van der Waals surface area contributed by atoms with E-state index in [2.05, 4.69) is 21.8 Å². The Morgan fingerprint density at radius 3 is 2.67 bits per heavy atom. The van der Waals surface area contributed by atoms with E-state index in [9.17, 15) is 14.7 Å². The van der Waals surface area contributed by atoms with Crippen molar-refractivity contribution in [2.75, 3.05) is 31.2 Å². The number of ether oxygens (including phenoxy) is 2. The van der Waals surface area contributed by atoms with Gasteiger partial charge in [0, 0.05) is 25.1 Å². The molecule has 2 aliphatic heterocycles. The van der Waals surface area contributed by atoms with Gasteiger partial charge in [-0.1, -0.05) is 0 Å². The molecule has 1 N–H and O–H groups in total. The number of hydrogen-bond donors (Lipinski definition) is 1. The number of carboxylic acid groups (broad SMARTS) is 1. The van der Waals surface area contributed by atoms with Crippen molar-refractivity contribution in [2.24, 2.45) is 0 Å². The average Bonchev–Trinajstić information content (AvgIpc) is 2.64. The zero-order valence-electron chi connectivity index (χ0n) is 17.9. The Hall–Kier alpha value is -2.13. The van der Waals surface area contributed by atoms with Gasteiger partial charge < -0.3 is 19.5 Å². The van der Waals surface area contributed by atoms with Gasteiger partial charge in [0.25, 0.3) is 0 Å². The van der Waals surface area contributed by atoms with E-state index in [1.165, 1.54) is 0 Å². The van der Waals surface area contributed by atoms with E-state index < -0.39 is 23.7 Å². The minimum atomic E-state index is -0.937. The van der Waals surface area contributed by atoms with E-state index in [0.29, 0.717) is 38.4 Å². The lowest BCUT2D eigenvalue weighted by atomic mass is 9.94. The van der Waals surface area contributed by atoms with Crippen molar-refractivity contribution >= 4 is 29.5 Å². The molecule has 1 fully saturated rings. The van der Waals surface area contributed by atoms with Crippen LogP contribution in [0.1, 0.15) is 57.8 Å². The molecular formula is C20H29ClN4O5. The lowest BCUT2D eigenvalue weighted by Gasteiger charge is -2.40. The molecule has 1 aromatic rings. The van der Waals surface area contributed by atoms with Crippen LogP contribution in [-0.4, -0.2) is 70.0 Å². The van der Waals surface area contributed by atoms with Crippen molar-refractivity contribution in [3.63, 3.8) is 0 Å². The number of morpholine rings is 1. The number of amides is 1. The van der Waals surface area contributed by atoms with Gasteiger partial charge >= 0.3 is 12.1 Å². The van der Waals surface area contributed by atoms with Gasteiger partial charge in [-0.15, -0.1) is 0 Å². The number of anilines is 1. The molecule has 0 saturated carbocycles. The predicted molar refractivity (Wildman–Crippen MR) is 111 cm³/mol. The van der Waals surface area contributed by atoms with Crippen molar-refractivity contribution in [1.82, 2.24) is 14.9 Å². The normalized spacial score (nSPS) is 21.9. The van der Waals surface area contributed by atoms with Crippen LogP contribution in [0.2, 0.25) is 5.28 Å². The number of carbonyl (C=O) groups is 2. The Morgan fingerprint density at radius 2 is 2.03 bits per heavy atom. The summed E-state index contributed by atoms with van der Waals surface area (Å²) < 4.78 is 11.1. The molecular weight excluding hydrogens is 412 g/mol. The first-order chi connectivity index (χ1) is 14.1. The number of carboxylic acids is 1. The number of hydrogen-bond acceptors (Lipinski definition) is 7. The Labute approximate surface area is 181 Å². The highest BCUT2D eigenvalue weighted by Gasteiger charge is 2.38. The number of carbonyl (C=O) groups excluding carboxylic acids is 1. The van der Waals surface area contributed by atoms with Crippen LogP contribution < -0.4 is 4.90 Å². The topological polar surface area (TPSA) is 105 Å². The summed E-state index contributed by atoms with van der Waals surface area (Å²) in [5.41, 5.74) is 0.845. The van der Waals surface area contributed by atoms with E-state index in [1.54, 1.807) is 25.7 Å². The smallest absolute Gasteiger partial charge is 0.410 e. The molecule has 1 aromatic heterocycles. The summed E-state index contributed by atoms with van der Waals surface area (Å²) in [6.45, 7) is 9.69. The van der Waals surface area contributed by atoms with Crippen LogP contribution >= 0.6 is 11.6 Å². The fourth-order valence-corrected chi connectivity index (χ4v) is 4.05. The van der Waals surface area contributed by atoms with Crippen molar-refractivity contribution in [3.05, 3.63) is 16.5 Å². The number of nitrogens with zero attached hydrogens (tertiary/aromatic N) is 4. The summed E-state index contributed by atoms with van der Waals surface area (Å²) in [6.07, 6.45) is 0.162. The quantitative estimate of drug-likeness (QED) is 0.712. The second-order valence-electron chi connectivity index (χ2n) is 8.67. The minimum Gasteiger partial charge on any atom is -0.481 e. The second-order valence-corrected chi connectivity index (χ2v) is 9.01. The molecule has 3 heterocycles. The maximum absolute atomic E-state index is 12.9. The van der Waals surface area contributed by atoms with Crippen molar-refractivity contribution < 1.29 is 24.2 Å². The molecule has 0 radical (unpaired) electrons. The van der Waals surface area contributed by atoms with Crippen molar-refractivity contribution in [3.8, 4) is 0 Å². The zero-order chi connectivity index (χ0) is 22.1. The van der Waals surface area contributed by atoms with Gasteiger partial charge in [-0.05, 0) is 52.1 Å². The molecule has 1 unspecified atom stereocenters. The Bertz CT molecular complexity index is 813. The standard InChI is InChI=1S/C20H29ClN4O5/c1-12-11-29-10-9-24(12)17-13-7-8-25(19(28)30-20(2,3)4)14(5-6-15(26)27)16(13)22-18(21)23-17/h12,14H,5-11H2,1-4H3,(H,26,27)/t12-,14?/m0/s1. The summed E-state index contributed by atoms with van der Waals surface area (Å²) in [6, 6.07) is -0.425. The first kappa shape index (κ1) is 22.6. The fraction of sp³-hybridized carbons (Fsp3) is 0.700. The van der Waals surface area contributed by atoms with E-state index >= 15 is 0 Å². The van der Waals surface area contributed by atoms with Crippen molar-refractivity contribution in [1.29, 1.82) is 0 Å². The molecule has 9 nitrogen and oxygen atoms in total. The Morgan fingerprint density at radius 1 is 1.30 bits per heavy atom. The number of halogens is 1. The third kappa shape index (κ3) is 5.13. The second kappa shape index (κ2) is 8.93. The molecule has 0 aromatic carbocycles. The fourth-order valence-electron chi connectivity index (χ4n) is 3.88. The first-order valence-electron chi connectivity index (χ1n) is 10.2. The molecule has 10 heteroatoms. The minimum absolute atomic E-state index is 0.0776. The van der Waals surface area contributed by atoms with E-state index in [1.807, 2.05) is 0 Å². The first-order valence-corrected chi connectivity index (χ1v) is 10.6. The third-order valence-electron chi connectivity index (χ3n) is 5.18. The van der Waals surface area contributed by atoms with Crippen LogP contribution in [0, 0.1) is 0 Å². The molecule has 0 bridgehead atoms. The number of aromatic nitrogens is 2. The van der Waals surface area contributed by atoms with Crippen LogP contribution in [0.3, 0.4) is 0 Å². The highest BCUT2D eigenvalue weighted by atomic mass is 35.5.